The normalized spacial score (nSPS) is 12.0. The molecule has 0 aliphatic heterocycles. The standard InChI is InChI=1S/C57H51N3O/c1-36(2)28-40-20-25-53(50(31-40)44-16-11-8-12-17-44)60-54-19-13-18-49(55(54)59-57(60)51-30-38(5)29-39(6)56(51)61)47-32-46(42-14-9-7-10-15-42)33-48(34-47)52-35-45(26-27-58-52)43-23-21-41(22-24-43)37(3)4/h7-27,29-37,61H,28H2,1-6H3/i37D. The lowest BCUT2D eigenvalue weighted by atomic mass is 9.93. The minimum Gasteiger partial charge on any atom is -0.507 e. The molecule has 1 N–H and O–H groups in total. The van der Waals surface area contributed by atoms with Crippen molar-refractivity contribution in [1.82, 2.24) is 14.5 Å². The number of nitrogens with zero attached hydrogens (tertiary/aromatic N) is 3. The average molecular weight is 795 g/mol. The zero-order chi connectivity index (χ0) is 43.1. The highest BCUT2D eigenvalue weighted by Gasteiger charge is 2.24. The number of imidazole rings is 1. The number of aromatic nitrogens is 3. The SMILES string of the molecule is [2H]C(C)(C)c1ccc(-c2ccnc(-c3cc(-c4ccccc4)cc(-c4cccc5c4nc(-c4cc(C)cc(C)c4O)n5-c4ccc(CC(C)C)cc4-c4ccccc4)c3)c2)cc1. The molecule has 2 aromatic heterocycles. The van der Waals surface area contributed by atoms with E-state index in [1.54, 1.807) is 0 Å². The molecular formula is C57H51N3O. The van der Waals surface area contributed by atoms with Crippen molar-refractivity contribution >= 4 is 11.0 Å². The zero-order valence-electron chi connectivity index (χ0n) is 36.7. The number of aromatic hydroxyl groups is 1. The fourth-order valence-electron chi connectivity index (χ4n) is 8.60. The highest BCUT2D eigenvalue weighted by atomic mass is 16.3. The van der Waals surface area contributed by atoms with Gasteiger partial charge in [-0.15, -0.1) is 0 Å². The summed E-state index contributed by atoms with van der Waals surface area (Å²) >= 11 is 0. The smallest absolute Gasteiger partial charge is 0.149 e. The molecule has 0 spiro atoms. The van der Waals surface area contributed by atoms with E-state index in [4.69, 9.17) is 11.3 Å². The van der Waals surface area contributed by atoms with Crippen LogP contribution in [0.1, 0.15) is 57.2 Å². The first-order valence-electron chi connectivity index (χ1n) is 21.7. The molecule has 0 bridgehead atoms. The van der Waals surface area contributed by atoms with Gasteiger partial charge in [-0.25, -0.2) is 4.98 Å². The van der Waals surface area contributed by atoms with Crippen LogP contribution in [-0.2, 0) is 6.42 Å². The van der Waals surface area contributed by atoms with Crippen molar-refractivity contribution < 1.29 is 6.48 Å². The van der Waals surface area contributed by atoms with Crippen LogP contribution in [0.3, 0.4) is 0 Å². The van der Waals surface area contributed by atoms with Gasteiger partial charge in [-0.3, -0.25) is 9.55 Å². The van der Waals surface area contributed by atoms with E-state index in [1.807, 2.05) is 63.4 Å². The van der Waals surface area contributed by atoms with Gasteiger partial charge >= 0.3 is 0 Å². The Kier molecular flexibility index (Phi) is 10.4. The van der Waals surface area contributed by atoms with E-state index in [-0.39, 0.29) is 5.75 Å². The topological polar surface area (TPSA) is 50.9 Å². The van der Waals surface area contributed by atoms with Gasteiger partial charge in [0.15, 0.2) is 0 Å². The van der Waals surface area contributed by atoms with Crippen LogP contribution < -0.4 is 0 Å². The van der Waals surface area contributed by atoms with E-state index in [0.29, 0.717) is 17.3 Å². The van der Waals surface area contributed by atoms with E-state index in [0.717, 1.165) is 95.6 Å². The van der Waals surface area contributed by atoms with Gasteiger partial charge in [0.2, 0.25) is 0 Å². The number of benzene rings is 7. The molecule has 0 fully saturated rings. The molecule has 0 radical (unpaired) electrons. The van der Waals surface area contributed by atoms with Gasteiger partial charge in [-0.1, -0.05) is 137 Å². The molecule has 9 aromatic rings. The Morgan fingerprint density at radius 3 is 1.98 bits per heavy atom. The Bertz CT molecular complexity index is 3070. The van der Waals surface area contributed by atoms with Crippen molar-refractivity contribution in [3.05, 3.63) is 192 Å². The summed E-state index contributed by atoms with van der Waals surface area (Å²) in [6.07, 6.45) is 2.84. The molecule has 4 heteroatoms. The molecule has 0 atom stereocenters. The molecule has 61 heavy (non-hydrogen) atoms. The van der Waals surface area contributed by atoms with Crippen molar-refractivity contribution in [1.29, 1.82) is 0 Å². The van der Waals surface area contributed by atoms with Gasteiger partial charge in [0.25, 0.3) is 0 Å². The van der Waals surface area contributed by atoms with Crippen molar-refractivity contribution in [3.63, 3.8) is 0 Å². The molecule has 7 aromatic carbocycles. The molecular weight excluding hydrogens is 743 g/mol. The molecule has 0 amide bonds. The molecule has 4 nitrogen and oxygen atoms in total. The van der Waals surface area contributed by atoms with Crippen LogP contribution in [0.4, 0.5) is 0 Å². The Balaban J connectivity index is 1.28. The van der Waals surface area contributed by atoms with Crippen LogP contribution in [0.5, 0.6) is 5.75 Å². The first kappa shape index (κ1) is 38.2. The van der Waals surface area contributed by atoms with Crippen molar-refractivity contribution in [2.45, 2.75) is 53.9 Å². The summed E-state index contributed by atoms with van der Waals surface area (Å²) in [6, 6.07) is 57.5. The first-order valence-corrected chi connectivity index (χ1v) is 21.2. The minimum atomic E-state index is -0.669. The molecule has 0 aliphatic rings. The number of rotatable bonds is 10. The van der Waals surface area contributed by atoms with Crippen LogP contribution in [0.25, 0.3) is 83.9 Å². The zero-order valence-corrected chi connectivity index (χ0v) is 35.7. The van der Waals surface area contributed by atoms with Crippen LogP contribution in [0, 0.1) is 19.8 Å². The molecule has 9 rings (SSSR count). The third-order valence-corrected chi connectivity index (χ3v) is 11.6. The Labute approximate surface area is 361 Å². The number of hydrogen-bond acceptors (Lipinski definition) is 3. The van der Waals surface area contributed by atoms with Crippen LogP contribution in [0.15, 0.2) is 170 Å². The number of para-hydroxylation sites is 1. The van der Waals surface area contributed by atoms with E-state index >= 15 is 0 Å². The predicted molar refractivity (Wildman–Crippen MR) is 255 cm³/mol. The molecule has 0 aliphatic carbocycles. The third-order valence-electron chi connectivity index (χ3n) is 11.6. The second-order valence-electron chi connectivity index (χ2n) is 16.9. The second kappa shape index (κ2) is 16.5. The van der Waals surface area contributed by atoms with Gasteiger partial charge in [0, 0.05) is 24.3 Å². The van der Waals surface area contributed by atoms with Gasteiger partial charge < -0.3 is 5.11 Å². The minimum absolute atomic E-state index is 0.226. The van der Waals surface area contributed by atoms with E-state index in [1.165, 1.54) is 5.56 Å². The fourth-order valence-corrected chi connectivity index (χ4v) is 8.60. The number of phenolic OH excluding ortho intramolecular Hbond substituents is 1. The van der Waals surface area contributed by atoms with Gasteiger partial charge in [-0.05, 0) is 142 Å². The van der Waals surface area contributed by atoms with Crippen molar-refractivity contribution in [3.8, 4) is 78.6 Å². The molecule has 0 saturated carbocycles. The second-order valence-corrected chi connectivity index (χ2v) is 16.9. The third kappa shape index (κ3) is 7.90. The Morgan fingerprint density at radius 1 is 0.574 bits per heavy atom. The maximum absolute atomic E-state index is 11.8. The first-order chi connectivity index (χ1) is 29.9. The monoisotopic (exact) mass is 794 g/mol. The maximum Gasteiger partial charge on any atom is 0.149 e. The number of pyridine rings is 1. The lowest BCUT2D eigenvalue weighted by Crippen LogP contribution is -2.03. The largest absolute Gasteiger partial charge is 0.507 e. The summed E-state index contributed by atoms with van der Waals surface area (Å²) in [5.74, 6) is 0.742. The highest BCUT2D eigenvalue weighted by Crippen LogP contribution is 2.43. The average Bonchev–Trinajstić information content (AvgIpc) is 3.67. The number of fused-ring (bicyclic) bond motifs is 1. The lowest BCUT2D eigenvalue weighted by molar-refractivity contribution is 0.472. The summed E-state index contributed by atoms with van der Waals surface area (Å²) < 4.78 is 10.7. The van der Waals surface area contributed by atoms with Gasteiger partial charge in [-0.2, -0.15) is 0 Å². The summed E-state index contributed by atoms with van der Waals surface area (Å²) in [6.45, 7) is 12.4. The summed E-state index contributed by atoms with van der Waals surface area (Å²) in [5.41, 5.74) is 17.9. The number of hydrogen-bond donors (Lipinski definition) is 1. The maximum atomic E-state index is 11.8. The fraction of sp³-hybridized carbons (Fsp3) is 0.158. The van der Waals surface area contributed by atoms with E-state index in [2.05, 4.69) is 153 Å². The molecule has 0 unspecified atom stereocenters. The van der Waals surface area contributed by atoms with Crippen LogP contribution in [0.2, 0.25) is 0 Å². The molecule has 2 heterocycles. The van der Waals surface area contributed by atoms with Gasteiger partial charge in [0.1, 0.15) is 11.6 Å². The van der Waals surface area contributed by atoms with Crippen molar-refractivity contribution in [2.24, 2.45) is 5.92 Å². The number of phenols is 1. The van der Waals surface area contributed by atoms with E-state index in [9.17, 15) is 5.11 Å². The summed E-state index contributed by atoms with van der Waals surface area (Å²) in [7, 11) is 0. The lowest BCUT2D eigenvalue weighted by Gasteiger charge is -2.18. The van der Waals surface area contributed by atoms with Crippen LogP contribution >= 0.6 is 0 Å². The summed E-state index contributed by atoms with van der Waals surface area (Å²) in [4.78, 5) is 10.5. The Hall–Kier alpha value is -7.04. The molecule has 300 valence electrons. The molecule has 0 saturated heterocycles. The van der Waals surface area contributed by atoms with Crippen molar-refractivity contribution in [2.75, 3.05) is 0 Å². The Morgan fingerprint density at radius 2 is 1.26 bits per heavy atom. The van der Waals surface area contributed by atoms with E-state index < -0.39 is 5.89 Å². The quantitative estimate of drug-likeness (QED) is 0.150. The predicted octanol–water partition coefficient (Wildman–Crippen LogP) is 15.1. The summed E-state index contributed by atoms with van der Waals surface area (Å²) in [5, 5.41) is 11.8. The number of aryl methyl sites for hydroxylation is 2. The van der Waals surface area contributed by atoms with Gasteiger partial charge in [0.05, 0.1) is 28.0 Å². The highest BCUT2D eigenvalue weighted by molar-refractivity contribution is 5.98. The van der Waals surface area contributed by atoms with Crippen LogP contribution in [-0.4, -0.2) is 19.6 Å².